The van der Waals surface area contributed by atoms with E-state index in [-0.39, 0.29) is 28.3 Å². The third-order valence-electron chi connectivity index (χ3n) is 5.54. The molecule has 0 spiro atoms. The minimum Gasteiger partial charge on any atom is -0.400 e. The Kier molecular flexibility index (Phi) is 4.63. The van der Waals surface area contributed by atoms with Crippen LogP contribution in [0.5, 0.6) is 0 Å². The zero-order valence-electron chi connectivity index (χ0n) is 16.3. The number of anilines is 1. The van der Waals surface area contributed by atoms with Crippen molar-refractivity contribution in [2.24, 2.45) is 17.6 Å². The molecule has 0 aliphatic heterocycles. The lowest BCUT2D eigenvalue weighted by atomic mass is 9.69. The third-order valence-corrected chi connectivity index (χ3v) is 6.45. The zero-order valence-corrected chi connectivity index (χ0v) is 17.2. The molecule has 154 valence electrons. The molecule has 2 unspecified atom stereocenters. The van der Waals surface area contributed by atoms with Crippen molar-refractivity contribution in [2.45, 2.75) is 13.8 Å². The molecule has 0 aromatic heterocycles. The molecule has 0 amide bonds. The normalized spacial score (nSPS) is 21.1. The first kappa shape index (κ1) is 20.1. The fraction of sp³-hybridized carbons (Fsp3) is 0.182. The maximum Gasteiger partial charge on any atom is 0.296 e. The molecule has 4 rings (SSSR count). The first-order chi connectivity index (χ1) is 14.1. The number of carbonyl (C=O) groups is 2. The number of carbonyl (C=O) groups excluding carboxylic acids is 2. The van der Waals surface area contributed by atoms with Gasteiger partial charge < -0.3 is 11.1 Å². The van der Waals surface area contributed by atoms with Crippen LogP contribution in [-0.4, -0.2) is 24.5 Å². The van der Waals surface area contributed by atoms with Gasteiger partial charge in [-0.25, -0.2) is 0 Å². The fourth-order valence-electron chi connectivity index (χ4n) is 4.11. The zero-order chi connectivity index (χ0) is 21.8. The summed E-state index contributed by atoms with van der Waals surface area (Å²) in [6.45, 7) is 3.81. The summed E-state index contributed by atoms with van der Waals surface area (Å²) in [5, 5.41) is 3.10. The lowest BCUT2D eigenvalue weighted by Crippen LogP contribution is -2.44. The molecule has 30 heavy (non-hydrogen) atoms. The second-order valence-corrected chi connectivity index (χ2v) is 8.96. The van der Waals surface area contributed by atoms with Gasteiger partial charge in [-0.3, -0.25) is 14.1 Å². The highest BCUT2D eigenvalue weighted by Crippen LogP contribution is 2.42. The van der Waals surface area contributed by atoms with Gasteiger partial charge in [-0.1, -0.05) is 42.0 Å². The SMILES string of the molecule is Cc1ccc(NC2=CC(S(=O)(=O)O)=C(N)C3C(=O)c4ccccc4C(=O)C23)c(C)c1. The van der Waals surface area contributed by atoms with Crippen molar-refractivity contribution in [1.29, 1.82) is 0 Å². The van der Waals surface area contributed by atoms with Gasteiger partial charge in [-0.05, 0) is 31.6 Å². The molecule has 2 aromatic rings. The predicted octanol–water partition coefficient (Wildman–Crippen LogP) is 2.98. The van der Waals surface area contributed by atoms with E-state index in [2.05, 4.69) is 5.32 Å². The maximum absolute atomic E-state index is 13.3. The van der Waals surface area contributed by atoms with E-state index in [1.54, 1.807) is 24.3 Å². The number of benzene rings is 2. The molecule has 2 atom stereocenters. The van der Waals surface area contributed by atoms with Gasteiger partial charge in [0, 0.05) is 28.2 Å². The predicted molar refractivity (Wildman–Crippen MR) is 112 cm³/mol. The number of nitrogens with one attached hydrogen (secondary N) is 1. The molecule has 0 saturated heterocycles. The first-order valence-electron chi connectivity index (χ1n) is 9.30. The Morgan fingerprint density at radius 3 is 2.13 bits per heavy atom. The van der Waals surface area contributed by atoms with Crippen molar-refractivity contribution in [3.8, 4) is 0 Å². The lowest BCUT2D eigenvalue weighted by Gasteiger charge is -2.36. The number of nitrogens with two attached hydrogens (primary N) is 1. The van der Waals surface area contributed by atoms with E-state index < -0.39 is 32.6 Å². The Bertz CT molecular complexity index is 1270. The van der Waals surface area contributed by atoms with E-state index in [9.17, 15) is 22.6 Å². The van der Waals surface area contributed by atoms with Crippen LogP contribution in [0.4, 0.5) is 5.69 Å². The first-order valence-corrected chi connectivity index (χ1v) is 10.7. The quantitative estimate of drug-likeness (QED) is 0.647. The topological polar surface area (TPSA) is 127 Å². The maximum atomic E-state index is 13.3. The van der Waals surface area contributed by atoms with Gasteiger partial charge in [0.15, 0.2) is 11.6 Å². The number of allylic oxidation sites excluding steroid dienone is 3. The van der Waals surface area contributed by atoms with Gasteiger partial charge in [0.05, 0.1) is 11.8 Å². The molecule has 4 N–H and O–H groups in total. The summed E-state index contributed by atoms with van der Waals surface area (Å²) in [5.41, 5.74) is 8.91. The van der Waals surface area contributed by atoms with Crippen LogP contribution in [0.1, 0.15) is 31.8 Å². The van der Waals surface area contributed by atoms with E-state index >= 15 is 0 Å². The molecule has 0 saturated carbocycles. The van der Waals surface area contributed by atoms with E-state index in [0.29, 0.717) is 5.69 Å². The third kappa shape index (κ3) is 3.14. The number of aryl methyl sites for hydroxylation is 2. The van der Waals surface area contributed by atoms with Crippen LogP contribution in [0.3, 0.4) is 0 Å². The number of ketones is 2. The van der Waals surface area contributed by atoms with E-state index in [1.807, 2.05) is 26.0 Å². The second-order valence-electron chi connectivity index (χ2n) is 7.57. The molecular weight excluding hydrogens is 404 g/mol. The van der Waals surface area contributed by atoms with Gasteiger partial charge in [-0.15, -0.1) is 0 Å². The smallest absolute Gasteiger partial charge is 0.296 e. The Labute approximate surface area is 174 Å². The monoisotopic (exact) mass is 424 g/mol. The van der Waals surface area contributed by atoms with Gasteiger partial charge in [-0.2, -0.15) is 8.42 Å². The van der Waals surface area contributed by atoms with Crippen molar-refractivity contribution in [3.63, 3.8) is 0 Å². The number of fused-ring (bicyclic) bond motifs is 2. The van der Waals surface area contributed by atoms with Crippen LogP contribution in [-0.2, 0) is 10.1 Å². The average Bonchev–Trinajstić information content (AvgIpc) is 2.68. The molecule has 0 fully saturated rings. The second kappa shape index (κ2) is 6.93. The summed E-state index contributed by atoms with van der Waals surface area (Å²) < 4.78 is 33.6. The molecule has 0 bridgehead atoms. The fourth-order valence-corrected chi connectivity index (χ4v) is 4.81. The summed E-state index contributed by atoms with van der Waals surface area (Å²) in [6, 6.07) is 12.0. The molecule has 0 radical (unpaired) electrons. The van der Waals surface area contributed by atoms with E-state index in [1.165, 1.54) is 6.07 Å². The van der Waals surface area contributed by atoms with Crippen LogP contribution < -0.4 is 11.1 Å². The van der Waals surface area contributed by atoms with E-state index in [0.717, 1.165) is 17.2 Å². The molecule has 2 aliphatic rings. The summed E-state index contributed by atoms with van der Waals surface area (Å²) in [7, 11) is -4.71. The minimum absolute atomic E-state index is 0.189. The molecule has 7 nitrogen and oxygen atoms in total. The molecular formula is C22H20N2O5S. The van der Waals surface area contributed by atoms with Gasteiger partial charge in [0.25, 0.3) is 10.1 Å². The van der Waals surface area contributed by atoms with E-state index in [4.69, 9.17) is 5.73 Å². The van der Waals surface area contributed by atoms with Crippen LogP contribution in [0, 0.1) is 25.7 Å². The van der Waals surface area contributed by atoms with Crippen LogP contribution in [0.2, 0.25) is 0 Å². The number of rotatable bonds is 3. The molecule has 0 heterocycles. The standard InChI is InChI=1S/C22H20N2O5S/c1-11-7-8-15(12(2)9-11)24-16-10-17(30(27,28)29)20(23)19-18(16)21(25)13-5-3-4-6-14(13)22(19)26/h3-10,18-19,24H,23H2,1-2H3,(H,27,28,29). The van der Waals surface area contributed by atoms with Crippen molar-refractivity contribution >= 4 is 27.4 Å². The van der Waals surface area contributed by atoms with Gasteiger partial charge in [0.2, 0.25) is 0 Å². The summed E-state index contributed by atoms with van der Waals surface area (Å²) in [4.78, 5) is 25.9. The summed E-state index contributed by atoms with van der Waals surface area (Å²) >= 11 is 0. The number of Topliss-reactive ketones (excluding diaryl/α,β-unsaturated/α-hetero) is 2. The Morgan fingerprint density at radius 1 is 0.967 bits per heavy atom. The Hall–Kier alpha value is -3.23. The largest absolute Gasteiger partial charge is 0.400 e. The number of hydrogen-bond donors (Lipinski definition) is 3. The highest BCUT2D eigenvalue weighted by atomic mass is 32.2. The highest BCUT2D eigenvalue weighted by Gasteiger charge is 2.48. The van der Waals surface area contributed by atoms with Crippen molar-refractivity contribution in [1.82, 2.24) is 0 Å². The number of hydrogen-bond acceptors (Lipinski definition) is 6. The van der Waals surface area contributed by atoms with Gasteiger partial charge >= 0.3 is 0 Å². The van der Waals surface area contributed by atoms with Crippen LogP contribution in [0.15, 0.2) is 64.8 Å². The Balaban J connectivity index is 1.92. The lowest BCUT2D eigenvalue weighted by molar-refractivity contribution is 0.0785. The molecule has 2 aromatic carbocycles. The minimum atomic E-state index is -4.71. The van der Waals surface area contributed by atoms with Crippen molar-refractivity contribution in [2.75, 3.05) is 5.32 Å². The van der Waals surface area contributed by atoms with Gasteiger partial charge in [0.1, 0.15) is 4.91 Å². The molecule has 8 heteroatoms. The molecule has 2 aliphatic carbocycles. The Morgan fingerprint density at radius 2 is 1.57 bits per heavy atom. The van der Waals surface area contributed by atoms with Crippen molar-refractivity contribution in [3.05, 3.63) is 87.1 Å². The summed E-state index contributed by atoms with van der Waals surface area (Å²) in [5.74, 6) is -3.03. The van der Waals surface area contributed by atoms with Crippen molar-refractivity contribution < 1.29 is 22.6 Å². The van der Waals surface area contributed by atoms with Crippen LogP contribution in [0.25, 0.3) is 0 Å². The average molecular weight is 424 g/mol. The summed E-state index contributed by atoms with van der Waals surface area (Å²) in [6.07, 6.45) is 1.14. The highest BCUT2D eigenvalue weighted by molar-refractivity contribution is 7.90. The van der Waals surface area contributed by atoms with Crippen LogP contribution >= 0.6 is 0 Å².